The summed E-state index contributed by atoms with van der Waals surface area (Å²) >= 11 is 5.97. The number of rotatable bonds is 8. The van der Waals surface area contributed by atoms with E-state index in [9.17, 15) is 9.18 Å². The van der Waals surface area contributed by atoms with E-state index in [4.69, 9.17) is 21.1 Å². The zero-order chi connectivity index (χ0) is 21.6. The molecule has 0 bridgehead atoms. The van der Waals surface area contributed by atoms with E-state index in [1.807, 2.05) is 23.1 Å². The molecular formula is C23H23ClFN3O3. The number of ether oxygens (including phenoxy) is 2. The number of hydrogen-bond acceptors (Lipinski definition) is 4. The number of halogens is 2. The van der Waals surface area contributed by atoms with Crippen LogP contribution in [0, 0.1) is 5.82 Å². The molecule has 1 unspecified atom stereocenters. The Labute approximate surface area is 184 Å². The number of aromatic nitrogens is 2. The predicted octanol–water partition coefficient (Wildman–Crippen LogP) is 4.57. The third kappa shape index (κ3) is 5.76. The van der Waals surface area contributed by atoms with Crippen LogP contribution in [0.15, 0.2) is 54.6 Å². The normalized spacial score (nSPS) is 15.8. The lowest BCUT2D eigenvalue weighted by Gasteiger charge is -2.16. The highest BCUT2D eigenvalue weighted by Crippen LogP contribution is 2.27. The number of nitrogens with one attached hydrogen (secondary N) is 1. The molecule has 1 aliphatic heterocycles. The molecule has 3 aromatic rings. The van der Waals surface area contributed by atoms with Crippen molar-refractivity contribution in [2.75, 3.05) is 19.7 Å². The van der Waals surface area contributed by atoms with Gasteiger partial charge in [0, 0.05) is 30.1 Å². The van der Waals surface area contributed by atoms with Gasteiger partial charge in [0.05, 0.1) is 24.4 Å². The summed E-state index contributed by atoms with van der Waals surface area (Å²) in [6, 6.07) is 15.1. The summed E-state index contributed by atoms with van der Waals surface area (Å²) in [5, 5.41) is 8.03. The molecule has 0 saturated carbocycles. The lowest BCUT2D eigenvalue weighted by Crippen LogP contribution is -2.29. The minimum atomic E-state index is -0.359. The summed E-state index contributed by atoms with van der Waals surface area (Å²) in [7, 11) is 0. The molecule has 1 saturated heterocycles. The van der Waals surface area contributed by atoms with Crippen LogP contribution < -0.4 is 9.47 Å². The molecule has 4 rings (SSSR count). The molecule has 2 aromatic carbocycles. The van der Waals surface area contributed by atoms with Gasteiger partial charge in [0.25, 0.3) is 0 Å². The van der Waals surface area contributed by atoms with Crippen LogP contribution in [-0.2, 0) is 11.4 Å². The molecule has 1 aromatic heterocycles. The Kier molecular flexibility index (Phi) is 6.72. The van der Waals surface area contributed by atoms with Crippen LogP contribution in [0.3, 0.4) is 0 Å². The number of aromatic amines is 1. The molecule has 31 heavy (non-hydrogen) atoms. The number of H-pyrrole nitrogens is 1. The number of amides is 1. The summed E-state index contributed by atoms with van der Waals surface area (Å²) in [5.74, 6) is 0.976. The number of hydrogen-bond donors (Lipinski definition) is 1. The monoisotopic (exact) mass is 443 g/mol. The molecule has 1 atom stereocenters. The average molecular weight is 444 g/mol. The first kappa shape index (κ1) is 21.2. The third-order valence-corrected chi connectivity index (χ3v) is 5.42. The van der Waals surface area contributed by atoms with Crippen molar-refractivity contribution in [3.8, 4) is 11.5 Å². The Balaban J connectivity index is 1.23. The van der Waals surface area contributed by atoms with Crippen LogP contribution in [0.25, 0.3) is 0 Å². The Hall–Kier alpha value is -3.06. The molecule has 6 nitrogen and oxygen atoms in total. The van der Waals surface area contributed by atoms with Gasteiger partial charge in [-0.05, 0) is 42.8 Å². The van der Waals surface area contributed by atoms with Gasteiger partial charge in [-0.25, -0.2) is 4.39 Å². The first-order valence-corrected chi connectivity index (χ1v) is 10.5. The fourth-order valence-electron chi connectivity index (χ4n) is 3.58. The molecule has 2 heterocycles. The Bertz CT molecular complexity index is 1040. The van der Waals surface area contributed by atoms with Crippen molar-refractivity contribution < 1.29 is 18.7 Å². The molecule has 1 fully saturated rings. The van der Waals surface area contributed by atoms with E-state index in [1.165, 1.54) is 12.1 Å². The van der Waals surface area contributed by atoms with E-state index in [0.717, 1.165) is 17.8 Å². The van der Waals surface area contributed by atoms with E-state index < -0.39 is 0 Å². The van der Waals surface area contributed by atoms with Crippen molar-refractivity contribution in [1.29, 1.82) is 0 Å². The van der Waals surface area contributed by atoms with Gasteiger partial charge in [-0.15, -0.1) is 0 Å². The Morgan fingerprint density at radius 2 is 1.97 bits per heavy atom. The Morgan fingerprint density at radius 1 is 1.16 bits per heavy atom. The molecule has 1 N–H and O–H groups in total. The zero-order valence-corrected chi connectivity index (χ0v) is 17.6. The molecule has 1 aliphatic rings. The van der Waals surface area contributed by atoms with Gasteiger partial charge >= 0.3 is 0 Å². The number of carbonyl (C=O) groups is 1. The van der Waals surface area contributed by atoms with Crippen molar-refractivity contribution in [2.24, 2.45) is 0 Å². The highest BCUT2D eigenvalue weighted by Gasteiger charge is 2.28. The van der Waals surface area contributed by atoms with Gasteiger partial charge in [-0.3, -0.25) is 9.89 Å². The van der Waals surface area contributed by atoms with Gasteiger partial charge in [-0.1, -0.05) is 23.7 Å². The van der Waals surface area contributed by atoms with Crippen LogP contribution in [0.2, 0.25) is 5.02 Å². The van der Waals surface area contributed by atoms with Gasteiger partial charge < -0.3 is 14.4 Å². The Morgan fingerprint density at radius 3 is 2.77 bits per heavy atom. The average Bonchev–Trinajstić information content (AvgIpc) is 3.42. The van der Waals surface area contributed by atoms with Gasteiger partial charge in [0.15, 0.2) is 0 Å². The number of carbonyl (C=O) groups excluding carboxylic acids is 1. The summed E-state index contributed by atoms with van der Waals surface area (Å²) < 4.78 is 24.4. The maximum atomic E-state index is 13.2. The first-order valence-electron chi connectivity index (χ1n) is 10.2. The minimum Gasteiger partial charge on any atom is -0.493 e. The van der Waals surface area contributed by atoms with E-state index >= 15 is 0 Å². The zero-order valence-electron chi connectivity index (χ0n) is 16.9. The molecule has 0 spiro atoms. The first-order chi connectivity index (χ1) is 15.1. The fourth-order valence-corrected chi connectivity index (χ4v) is 3.76. The van der Waals surface area contributed by atoms with Crippen molar-refractivity contribution in [3.63, 3.8) is 0 Å². The van der Waals surface area contributed by atoms with Gasteiger partial charge in [0.1, 0.15) is 23.9 Å². The quantitative estimate of drug-likeness (QED) is 0.554. The summed E-state index contributed by atoms with van der Waals surface area (Å²) in [6.45, 7) is 1.89. The smallest absolute Gasteiger partial charge is 0.226 e. The van der Waals surface area contributed by atoms with Crippen LogP contribution in [0.4, 0.5) is 4.39 Å². The van der Waals surface area contributed by atoms with Crippen molar-refractivity contribution in [2.45, 2.75) is 25.4 Å². The van der Waals surface area contributed by atoms with Crippen LogP contribution in [-0.4, -0.2) is 40.7 Å². The number of nitrogens with zero attached hydrogens (tertiary/aromatic N) is 2. The van der Waals surface area contributed by atoms with Crippen molar-refractivity contribution >= 4 is 17.5 Å². The highest BCUT2D eigenvalue weighted by molar-refractivity contribution is 6.30. The molecule has 162 valence electrons. The SMILES string of the molecule is O=C(CCOc1cccc(F)c1)N1CCC(c2cc(COc3cccc(Cl)c3)[nH]n2)C1. The molecule has 8 heteroatoms. The van der Waals surface area contributed by atoms with E-state index in [1.54, 1.807) is 24.3 Å². The third-order valence-electron chi connectivity index (χ3n) is 5.18. The van der Waals surface area contributed by atoms with E-state index in [-0.39, 0.29) is 30.7 Å². The molecular weight excluding hydrogens is 421 g/mol. The molecule has 0 radical (unpaired) electrons. The summed E-state index contributed by atoms with van der Waals surface area (Å²) in [6.07, 6.45) is 1.11. The second-order valence-corrected chi connectivity index (χ2v) is 7.88. The standard InChI is InChI=1S/C23H23ClFN3O3/c24-17-3-1-5-20(11-17)31-15-19-13-22(27-26-19)16-7-9-28(14-16)23(29)8-10-30-21-6-2-4-18(25)12-21/h1-6,11-13,16H,7-10,14-15H2,(H,26,27). The predicted molar refractivity (Wildman–Crippen MR) is 115 cm³/mol. The van der Waals surface area contributed by atoms with Crippen LogP contribution >= 0.6 is 11.6 Å². The fraction of sp³-hybridized carbons (Fsp3) is 0.304. The summed E-state index contributed by atoms with van der Waals surface area (Å²) in [5.41, 5.74) is 1.79. The van der Waals surface area contributed by atoms with Crippen molar-refractivity contribution in [1.82, 2.24) is 15.1 Å². The second kappa shape index (κ2) is 9.83. The van der Waals surface area contributed by atoms with Gasteiger partial charge in [0.2, 0.25) is 5.91 Å². The number of benzene rings is 2. The van der Waals surface area contributed by atoms with Crippen molar-refractivity contribution in [3.05, 3.63) is 76.8 Å². The maximum Gasteiger partial charge on any atom is 0.226 e. The van der Waals surface area contributed by atoms with E-state index in [0.29, 0.717) is 36.2 Å². The second-order valence-electron chi connectivity index (χ2n) is 7.45. The largest absolute Gasteiger partial charge is 0.493 e. The minimum absolute atomic E-state index is 0.0268. The maximum absolute atomic E-state index is 13.2. The topological polar surface area (TPSA) is 67.4 Å². The lowest BCUT2D eigenvalue weighted by atomic mass is 10.1. The molecule has 1 amide bonds. The summed E-state index contributed by atoms with van der Waals surface area (Å²) in [4.78, 5) is 14.3. The van der Waals surface area contributed by atoms with Crippen LogP contribution in [0.1, 0.15) is 30.1 Å². The van der Waals surface area contributed by atoms with Gasteiger partial charge in [-0.2, -0.15) is 5.10 Å². The number of likely N-dealkylation sites (tertiary alicyclic amines) is 1. The highest BCUT2D eigenvalue weighted by atomic mass is 35.5. The molecule has 0 aliphatic carbocycles. The van der Waals surface area contributed by atoms with Crippen LogP contribution in [0.5, 0.6) is 11.5 Å². The van der Waals surface area contributed by atoms with E-state index in [2.05, 4.69) is 10.2 Å². The lowest BCUT2D eigenvalue weighted by molar-refractivity contribution is -0.130.